The summed E-state index contributed by atoms with van der Waals surface area (Å²) in [6.07, 6.45) is 30.4. The largest absolute Gasteiger partial charge is 1.00 e. The topological polar surface area (TPSA) is 57.2 Å². The summed E-state index contributed by atoms with van der Waals surface area (Å²) < 4.78 is 36.5. The molecule has 0 fully saturated rings. The summed E-state index contributed by atoms with van der Waals surface area (Å²) >= 11 is 0. The van der Waals surface area contributed by atoms with Crippen molar-refractivity contribution in [2.24, 2.45) is 0 Å². The molecular weight excluding hydrogens is 535 g/mol. The molecule has 0 N–H and O–H groups in total. The second kappa shape index (κ2) is 24.0. The molecule has 0 aliphatic carbocycles. The van der Waals surface area contributed by atoms with Crippen molar-refractivity contribution in [1.29, 1.82) is 0 Å². The average Bonchev–Trinajstić information content (AvgIpc) is 2.94. The number of aryl methyl sites for hydroxylation is 2. The van der Waals surface area contributed by atoms with E-state index < -0.39 is 10.1 Å². The van der Waals surface area contributed by atoms with Crippen LogP contribution in [-0.2, 0) is 23.0 Å². The molecule has 0 spiro atoms. The van der Waals surface area contributed by atoms with Gasteiger partial charge in [-0.3, -0.25) is 0 Å². The molecule has 0 atom stereocenters. The maximum Gasteiger partial charge on any atom is 1.00 e. The molecule has 0 radical (unpaired) electrons. The minimum atomic E-state index is -4.52. The predicted octanol–water partition coefficient (Wildman–Crippen LogP) is 8.45. The third-order valence-corrected chi connectivity index (χ3v) is 9.43. The van der Waals surface area contributed by atoms with Gasteiger partial charge in [-0.1, -0.05) is 167 Å². The van der Waals surface area contributed by atoms with Crippen molar-refractivity contribution in [3.8, 4) is 0 Å². The van der Waals surface area contributed by atoms with Crippen LogP contribution in [0.3, 0.4) is 0 Å². The first kappa shape index (κ1) is 38.6. The van der Waals surface area contributed by atoms with Gasteiger partial charge in [0.25, 0.3) is 0 Å². The van der Waals surface area contributed by atoms with Crippen LogP contribution < -0.4 is 29.6 Å². The molecule has 41 heavy (non-hydrogen) atoms. The molecule has 0 aromatic heterocycles. The number of unbranched alkanes of at least 4 members (excludes halogenated alkanes) is 20. The molecule has 0 heterocycles. The van der Waals surface area contributed by atoms with Crippen molar-refractivity contribution in [2.75, 3.05) is 0 Å². The Balaban J connectivity index is 0.00000840. The summed E-state index contributed by atoms with van der Waals surface area (Å²) in [6.45, 7) is 4.53. The van der Waals surface area contributed by atoms with Gasteiger partial charge in [-0.25, -0.2) is 8.42 Å². The Morgan fingerprint density at radius 3 is 1.32 bits per heavy atom. The minimum Gasteiger partial charge on any atom is -0.744 e. The molecule has 2 aromatic rings. The molecule has 5 heteroatoms. The van der Waals surface area contributed by atoms with Crippen molar-refractivity contribution in [3.63, 3.8) is 0 Å². The van der Waals surface area contributed by atoms with Crippen molar-refractivity contribution >= 4 is 20.9 Å². The van der Waals surface area contributed by atoms with Crippen molar-refractivity contribution in [2.45, 2.75) is 173 Å². The van der Waals surface area contributed by atoms with Crippen molar-refractivity contribution in [1.82, 2.24) is 0 Å². The van der Waals surface area contributed by atoms with Crippen LogP contribution in [0.1, 0.15) is 166 Å². The SMILES string of the molecule is CCCCCCCCCCCCCc1ccc(S(=O)(=O)[O-])c2c(CCCCCCCCCCCCC)cccc12.[Na+]. The number of fused-ring (bicyclic) bond motifs is 1. The van der Waals surface area contributed by atoms with E-state index in [-0.39, 0.29) is 34.5 Å². The van der Waals surface area contributed by atoms with E-state index in [1.807, 2.05) is 24.3 Å². The average molecular weight is 595 g/mol. The predicted molar refractivity (Wildman–Crippen MR) is 172 cm³/mol. The summed E-state index contributed by atoms with van der Waals surface area (Å²) in [6, 6.07) is 9.54. The summed E-state index contributed by atoms with van der Waals surface area (Å²) in [4.78, 5) is -0.0381. The Bertz CT molecular complexity index is 1030. The molecule has 228 valence electrons. The number of benzene rings is 2. The third-order valence-electron chi connectivity index (χ3n) is 8.55. The number of rotatable bonds is 25. The standard InChI is InChI=1S/C36H60O3S.Na/c1-3-5-7-9-11-13-15-17-19-21-23-26-32-30-31-35(40(37,38)39)36-33(28-25-29-34(32)36)27-24-22-20-18-16-14-12-10-8-6-4-2;/h25,28-31H,3-24,26-27H2,1-2H3,(H,37,38,39);/q;+1/p-1. The van der Waals surface area contributed by atoms with Gasteiger partial charge < -0.3 is 4.55 Å². The van der Waals surface area contributed by atoms with Gasteiger partial charge in [0.1, 0.15) is 10.1 Å². The van der Waals surface area contributed by atoms with Crippen molar-refractivity contribution < 1.29 is 42.5 Å². The van der Waals surface area contributed by atoms with Gasteiger partial charge in [0.2, 0.25) is 0 Å². The van der Waals surface area contributed by atoms with Gasteiger partial charge in [-0.05, 0) is 48.3 Å². The Hall–Kier alpha value is -0.390. The number of hydrogen-bond donors (Lipinski definition) is 0. The van der Waals surface area contributed by atoms with Crippen LogP contribution in [0.4, 0.5) is 0 Å². The zero-order chi connectivity index (χ0) is 28.9. The van der Waals surface area contributed by atoms with E-state index >= 15 is 0 Å². The first-order chi connectivity index (χ1) is 19.5. The second-order valence-corrected chi connectivity index (χ2v) is 13.4. The zero-order valence-corrected chi connectivity index (χ0v) is 29.8. The van der Waals surface area contributed by atoms with Crippen LogP contribution in [0.2, 0.25) is 0 Å². The van der Waals surface area contributed by atoms with Crippen LogP contribution in [0, 0.1) is 0 Å². The van der Waals surface area contributed by atoms with E-state index in [1.54, 1.807) is 6.07 Å². The molecule has 0 saturated carbocycles. The third kappa shape index (κ3) is 16.3. The molecule has 2 rings (SSSR count). The van der Waals surface area contributed by atoms with Crippen LogP contribution in [-0.4, -0.2) is 13.0 Å². The fourth-order valence-electron chi connectivity index (χ4n) is 6.10. The molecule has 0 bridgehead atoms. The van der Waals surface area contributed by atoms with Gasteiger partial charge in [0.15, 0.2) is 0 Å². The van der Waals surface area contributed by atoms with Gasteiger partial charge in [-0.15, -0.1) is 0 Å². The minimum absolute atomic E-state index is 0. The van der Waals surface area contributed by atoms with E-state index in [2.05, 4.69) is 13.8 Å². The molecule has 2 aromatic carbocycles. The summed E-state index contributed by atoms with van der Waals surface area (Å²) in [5.74, 6) is 0. The maximum absolute atomic E-state index is 12.2. The van der Waals surface area contributed by atoms with E-state index in [0.29, 0.717) is 5.39 Å². The summed E-state index contributed by atoms with van der Waals surface area (Å²) in [5.41, 5.74) is 2.20. The Labute approximate surface area is 276 Å². The summed E-state index contributed by atoms with van der Waals surface area (Å²) in [7, 11) is -4.52. The van der Waals surface area contributed by atoms with Crippen molar-refractivity contribution in [3.05, 3.63) is 41.5 Å². The van der Waals surface area contributed by atoms with Gasteiger partial charge >= 0.3 is 29.6 Å². The fourth-order valence-corrected chi connectivity index (χ4v) is 6.83. The van der Waals surface area contributed by atoms with Gasteiger partial charge in [0, 0.05) is 5.39 Å². The van der Waals surface area contributed by atoms with E-state index in [0.717, 1.165) is 43.1 Å². The summed E-state index contributed by atoms with van der Waals surface area (Å²) in [5, 5.41) is 1.65. The second-order valence-electron chi connectivity index (χ2n) is 12.1. The normalized spacial score (nSPS) is 11.7. The van der Waals surface area contributed by atoms with Crippen LogP contribution in [0.15, 0.2) is 35.2 Å². The molecule has 0 aliphatic heterocycles. The molecule has 0 amide bonds. The smallest absolute Gasteiger partial charge is 0.744 e. The molecule has 0 unspecified atom stereocenters. The molecular formula is C36H59NaO3S. The van der Waals surface area contributed by atoms with E-state index in [1.165, 1.54) is 128 Å². The Morgan fingerprint density at radius 2 is 0.902 bits per heavy atom. The molecule has 0 aliphatic rings. The first-order valence-corrected chi connectivity index (χ1v) is 18.4. The van der Waals surface area contributed by atoms with Gasteiger partial charge in [-0.2, -0.15) is 0 Å². The number of hydrogen-bond acceptors (Lipinski definition) is 3. The first-order valence-electron chi connectivity index (χ1n) is 17.0. The Kier molecular flexibility index (Phi) is 22.6. The van der Waals surface area contributed by atoms with Gasteiger partial charge in [0.05, 0.1) is 4.90 Å². The van der Waals surface area contributed by atoms with E-state index in [9.17, 15) is 13.0 Å². The zero-order valence-electron chi connectivity index (χ0n) is 27.0. The maximum atomic E-state index is 12.2. The van der Waals surface area contributed by atoms with Crippen LogP contribution >= 0.6 is 0 Å². The molecule has 0 saturated heterocycles. The Morgan fingerprint density at radius 1 is 0.512 bits per heavy atom. The monoisotopic (exact) mass is 594 g/mol. The fraction of sp³-hybridized carbons (Fsp3) is 0.722. The molecule has 3 nitrogen and oxygen atoms in total. The van der Waals surface area contributed by atoms with Crippen LogP contribution in [0.25, 0.3) is 10.8 Å². The quantitative estimate of drug-likeness (QED) is 0.0658. The van der Waals surface area contributed by atoms with E-state index in [4.69, 9.17) is 0 Å². The van der Waals surface area contributed by atoms with Crippen LogP contribution in [0.5, 0.6) is 0 Å².